The van der Waals surface area contributed by atoms with Gasteiger partial charge in [0.05, 0.1) is 51.6 Å². The van der Waals surface area contributed by atoms with Crippen molar-refractivity contribution >= 4 is 158 Å². The third-order valence-corrected chi connectivity index (χ3v) is 23.7. The molecule has 2 aromatic heterocycles. The van der Waals surface area contributed by atoms with Crippen LogP contribution in [0, 0.1) is 29.1 Å². The highest BCUT2D eigenvalue weighted by molar-refractivity contribution is 6.04. The number of guanidine groups is 1. The predicted octanol–water partition coefficient (Wildman–Crippen LogP) is -7.42. The number of hydrogen-bond donors (Lipinski definition) is 32. The van der Waals surface area contributed by atoms with Gasteiger partial charge in [-0.2, -0.15) is 0 Å². The number of carbonyl (C=O) groups excluding carboxylic acids is 19. The lowest BCUT2D eigenvalue weighted by Crippen LogP contribution is -2.62. The highest BCUT2D eigenvalue weighted by atomic mass is 16.4. The fraction of sp³-hybridized carbons (Fsp3) is 0.531. The van der Waals surface area contributed by atoms with Gasteiger partial charge in [0.1, 0.15) is 96.4 Å². The molecule has 0 aliphatic rings. The second-order valence-corrected chi connectivity index (χ2v) is 37.3. The summed E-state index contributed by atoms with van der Waals surface area (Å²) in [5, 5.41) is 113. The van der Waals surface area contributed by atoms with E-state index in [1.165, 1.54) is 44.3 Å². The number of primary amides is 2. The van der Waals surface area contributed by atoms with Crippen LogP contribution in [-0.2, 0) is 125 Å². The first-order valence-electron chi connectivity index (χ1n) is 48.7. The van der Waals surface area contributed by atoms with Gasteiger partial charge in [-0.3, -0.25) is 106 Å². The number of aliphatic hydroxyl groups excluding tert-OH is 2. The quantitative estimate of drug-likeness (QED) is 0.00977. The molecule has 0 saturated heterocycles. The zero-order valence-electron chi connectivity index (χ0n) is 84.7. The molecule has 0 radical (unpaired) electrons. The van der Waals surface area contributed by atoms with E-state index in [1.54, 1.807) is 103 Å². The molecule has 3 aromatic carbocycles. The van der Waals surface area contributed by atoms with E-state index in [1.807, 2.05) is 5.32 Å². The fourth-order valence-corrected chi connectivity index (χ4v) is 15.4. The molecule has 0 aliphatic carbocycles. The van der Waals surface area contributed by atoms with Gasteiger partial charge in [-0.05, 0) is 123 Å². The second kappa shape index (κ2) is 62.2. The summed E-state index contributed by atoms with van der Waals surface area (Å²) in [5.74, 6) is -29.1. The van der Waals surface area contributed by atoms with E-state index in [0.29, 0.717) is 57.9 Å². The monoisotopic (exact) mass is 2110 g/mol. The fourth-order valence-electron chi connectivity index (χ4n) is 15.4. The zero-order chi connectivity index (χ0) is 112. The van der Waals surface area contributed by atoms with E-state index in [2.05, 4.69) is 100 Å². The minimum Gasteiger partial charge on any atom is -0.508 e. The lowest BCUT2D eigenvalue weighted by Gasteiger charge is -2.29. The summed E-state index contributed by atoms with van der Waals surface area (Å²) in [6, 6.07) is -8.59. The number of carbonyl (C=O) groups is 22. The van der Waals surface area contributed by atoms with Gasteiger partial charge in [0.15, 0.2) is 5.96 Å². The summed E-state index contributed by atoms with van der Waals surface area (Å²) in [6.45, 7) is 10.4. The van der Waals surface area contributed by atoms with E-state index < -0.39 is 315 Å². The molecule has 37 N–H and O–H groups in total. The van der Waals surface area contributed by atoms with E-state index in [0.717, 1.165) is 0 Å². The van der Waals surface area contributed by atoms with Gasteiger partial charge in [0.2, 0.25) is 112 Å². The molecule has 5 aromatic rings. The van der Waals surface area contributed by atoms with Crippen molar-refractivity contribution in [3.8, 4) is 5.75 Å². The largest absolute Gasteiger partial charge is 0.508 e. The molecule has 2 heterocycles. The van der Waals surface area contributed by atoms with Crippen molar-refractivity contribution in [2.75, 3.05) is 39.4 Å². The van der Waals surface area contributed by atoms with Gasteiger partial charge in [-0.15, -0.1) is 0 Å². The minimum atomic E-state index is -2.28. The van der Waals surface area contributed by atoms with Gasteiger partial charge in [0.25, 0.3) is 0 Å². The van der Waals surface area contributed by atoms with Crippen LogP contribution in [0.1, 0.15) is 162 Å². The molecule has 0 saturated carbocycles. The van der Waals surface area contributed by atoms with Crippen LogP contribution < -0.4 is 124 Å². The molecule has 0 fully saturated rings. The van der Waals surface area contributed by atoms with Crippen LogP contribution in [0.4, 0.5) is 0 Å². The van der Waals surface area contributed by atoms with Gasteiger partial charge < -0.3 is 165 Å². The summed E-state index contributed by atoms with van der Waals surface area (Å²) in [4.78, 5) is 308. The number of unbranched alkanes of at least 4 members (excludes halogenated alkanes) is 1. The maximum Gasteiger partial charge on any atom is 0.326 e. The predicted molar refractivity (Wildman–Crippen MR) is 538 cm³/mol. The number of aromatic nitrogens is 2. The topological polar surface area (TPSA) is 899 Å². The Morgan fingerprint density at radius 2 is 0.767 bits per heavy atom. The number of phenolic OH excluding ortho intramolecular Hbond substituents is 1. The molecule has 0 aliphatic heterocycles. The second-order valence-electron chi connectivity index (χ2n) is 37.3. The lowest BCUT2D eigenvalue weighted by molar-refractivity contribution is -0.143. The number of aliphatic carboxylic acids is 3. The number of aromatic hydroxyl groups is 1. The minimum absolute atomic E-state index is 0.00167. The molecule has 54 heteroatoms. The normalized spacial score (nSPS) is 14.6. The standard InChI is InChI=1S/C96H142N26O28/c1-10-49(8)79(94(148)112-60(23-17-31-103-96(101)102)82(136)118-69(95(149)150)34-51-24-26-54(125)27-25-51)122-90(144)67(38-73(100)127)116-88(142)68(39-77(132)133)117-92(146)71(45-124)120-87(141)66(37-72(99)126)115-86(140)64(35-52-40-104-58-21-13-11-18-55(52)58)114-91(145)70(44-123)119-85(139)63(33-47(4)5)110-74(128)42-106-80(134)50(9)108-93(147)78(48(6)7)121-89(143)65(36-53-41-105-59-22-14-12-19-56(53)59)113-83(137)61(28-29-76(130)131)111-84(138)62(32-46(2)3)109-75(129)43-107-81(135)57(98)20-15-16-30-97/h11-14,18-19,21-22,24-27,40-41,46-50,57,60-71,78-79,104-105,123-125H,10,15-17,20,23,28-39,42-45,97-98H2,1-9H3,(H2,99,126)(H2,100,127)(H,106,134)(H,107,135)(H,108,147)(H,109,129)(H,110,128)(H,111,138)(H,112,148)(H,113,137)(H,114,145)(H,115,140)(H,116,142)(H,117,146)(H,118,136)(H,119,139)(H,120,141)(H,121,143)(H,122,144)(H,130,131)(H,132,133)(H,149,150)(H4,101,102,103)/t49-,50-,57-,60-,61-,62-,63-,64-,65-,66-,67-,68-,69-,70-,71-,78-,79-/m0/s1. The average Bonchev–Trinajstić information content (AvgIpc) is 1.66. The molecular weight excluding hydrogens is 1970 g/mol. The zero-order valence-corrected chi connectivity index (χ0v) is 84.7. The number of aliphatic hydroxyl groups is 2. The van der Waals surface area contributed by atoms with Crippen molar-refractivity contribution in [2.24, 2.45) is 52.3 Å². The molecule has 5 rings (SSSR count). The SMILES string of the molecule is CC[C@H](C)[C@H](NC(=O)[C@H](CC(N)=O)NC(=O)[C@H](CC(=O)O)NC(=O)[C@H](CO)NC(=O)[C@H](CC(N)=O)NC(=O)[C@H](Cc1c[nH]c2ccccc12)NC(=O)[C@H](CO)NC(=O)[C@H](CC(C)C)NC(=O)CNC(=O)[C@H](C)NC(=O)[C@@H](NC(=O)[C@H](Cc1c[nH]c2ccccc12)NC(=O)[C@H](CCC(=O)O)NC(=O)[C@H](CC(C)C)NC(=O)CNC(=O)[C@@H](N)CCCCN)C(C)C)C(=O)N[C@@H](CCCNC(=N)N)C(=O)N[C@@H](Cc1ccc(O)cc1)C(=O)O. The van der Waals surface area contributed by atoms with Gasteiger partial charge in [-0.1, -0.05) is 117 Å². The third kappa shape index (κ3) is 42.4. The maximum absolute atomic E-state index is 14.8. The van der Waals surface area contributed by atoms with Crippen LogP contribution in [0.3, 0.4) is 0 Å². The van der Waals surface area contributed by atoms with Crippen LogP contribution in [0.5, 0.6) is 5.75 Å². The van der Waals surface area contributed by atoms with Gasteiger partial charge in [0, 0.05) is 66.4 Å². The number of aromatic amines is 2. The van der Waals surface area contributed by atoms with Crippen molar-refractivity contribution in [2.45, 2.75) is 262 Å². The number of fused-ring (bicyclic) bond motifs is 2. The summed E-state index contributed by atoms with van der Waals surface area (Å²) in [7, 11) is 0. The number of rotatable bonds is 67. The Morgan fingerprint density at radius 1 is 0.380 bits per heavy atom. The van der Waals surface area contributed by atoms with Crippen LogP contribution in [0.15, 0.2) is 85.2 Å². The van der Waals surface area contributed by atoms with Gasteiger partial charge >= 0.3 is 17.9 Å². The Morgan fingerprint density at radius 3 is 1.20 bits per heavy atom. The Hall–Kier alpha value is -16.0. The molecule has 824 valence electrons. The van der Waals surface area contributed by atoms with Crippen molar-refractivity contribution in [3.63, 3.8) is 0 Å². The third-order valence-electron chi connectivity index (χ3n) is 23.7. The Bertz CT molecular complexity index is 5560. The number of amides is 19. The lowest BCUT2D eigenvalue weighted by atomic mass is 9.96. The van der Waals surface area contributed by atoms with Crippen LogP contribution in [0.2, 0.25) is 0 Å². The number of para-hydroxylation sites is 2. The summed E-state index contributed by atoms with van der Waals surface area (Å²) in [6.07, 6.45) is -1.56. The van der Waals surface area contributed by atoms with Crippen molar-refractivity contribution in [3.05, 3.63) is 102 Å². The van der Waals surface area contributed by atoms with E-state index >= 15 is 0 Å². The van der Waals surface area contributed by atoms with E-state index in [-0.39, 0.29) is 69.6 Å². The highest BCUT2D eigenvalue weighted by Crippen LogP contribution is 2.24. The molecule has 150 heavy (non-hydrogen) atoms. The molecule has 0 bridgehead atoms. The molecule has 19 amide bonds. The van der Waals surface area contributed by atoms with E-state index in [9.17, 15) is 136 Å². The van der Waals surface area contributed by atoms with Crippen molar-refractivity contribution in [1.82, 2.24) is 106 Å². The number of carboxylic acid groups (broad SMARTS) is 3. The van der Waals surface area contributed by atoms with Crippen LogP contribution >= 0.6 is 0 Å². The summed E-state index contributed by atoms with van der Waals surface area (Å²) >= 11 is 0. The number of nitrogens with one attached hydrogen (secondary N) is 21. The first-order chi connectivity index (χ1) is 70.8. The highest BCUT2D eigenvalue weighted by Gasteiger charge is 2.41. The number of phenols is 1. The molecular formula is C96H142N26O28. The molecule has 0 unspecified atom stereocenters. The number of benzene rings is 3. The number of H-pyrrole nitrogens is 2. The van der Waals surface area contributed by atoms with Crippen molar-refractivity contribution in [1.29, 1.82) is 5.41 Å². The number of hydrogen-bond acceptors (Lipinski definition) is 28. The number of carboxylic acids is 3. The maximum atomic E-state index is 14.8. The Balaban J connectivity index is 1.30. The smallest absolute Gasteiger partial charge is 0.326 e. The first kappa shape index (κ1) is 124. The van der Waals surface area contributed by atoms with Crippen LogP contribution in [-0.4, -0.2) is 313 Å². The average molecular weight is 2110 g/mol. The first-order valence-corrected chi connectivity index (χ1v) is 48.7. The Kier molecular flexibility index (Phi) is 51.6. The summed E-state index contributed by atoms with van der Waals surface area (Å²) < 4.78 is 0. The molecule has 54 nitrogen and oxygen atoms in total. The Labute approximate surface area is 862 Å². The van der Waals surface area contributed by atoms with Crippen molar-refractivity contribution < 1.29 is 136 Å². The molecule has 0 spiro atoms. The summed E-state index contributed by atoms with van der Waals surface area (Å²) in [5.41, 5.74) is 30.3. The number of nitrogens with two attached hydrogens (primary N) is 5. The van der Waals surface area contributed by atoms with Crippen LogP contribution in [0.25, 0.3) is 21.8 Å². The van der Waals surface area contributed by atoms with Gasteiger partial charge in [-0.25, -0.2) is 4.79 Å². The molecule has 17 atom stereocenters. The van der Waals surface area contributed by atoms with E-state index in [4.69, 9.17) is 34.1 Å².